The van der Waals surface area contributed by atoms with E-state index in [1.807, 2.05) is 0 Å². The molecule has 0 radical (unpaired) electrons. The van der Waals surface area contributed by atoms with E-state index in [0.29, 0.717) is 0 Å². The third kappa shape index (κ3) is 1.89. The monoisotopic (exact) mass is 267 g/mol. The van der Waals surface area contributed by atoms with Gasteiger partial charge in [-0.15, -0.1) is 0 Å². The van der Waals surface area contributed by atoms with Gasteiger partial charge in [-0.05, 0) is 13.8 Å². The molecule has 0 aromatic rings. The second-order valence-corrected chi connectivity index (χ2v) is 3.35. The highest BCUT2D eigenvalue weighted by Crippen LogP contribution is 2.58. The van der Waals surface area contributed by atoms with Crippen molar-refractivity contribution in [2.45, 2.75) is 37.7 Å². The van der Waals surface area contributed by atoms with E-state index < -0.39 is 37.0 Å². The fraction of sp³-hybridized carbons (Fsp3) is 1.00. The maximum atomic E-state index is 12.7. The van der Waals surface area contributed by atoms with E-state index in [1.165, 1.54) is 19.2 Å². The molecule has 1 aliphatic rings. The topological polar surface area (TPSA) is 40.4 Å². The van der Waals surface area contributed by atoms with E-state index in [2.05, 4.69) is 9.47 Å². The Morgan fingerprint density at radius 3 is 1.29 bits per heavy atom. The molecule has 1 rings (SSSR count). The first kappa shape index (κ1) is 14.5. The van der Waals surface area contributed by atoms with Gasteiger partial charge in [0, 0.05) is 13.2 Å². The van der Waals surface area contributed by atoms with Crippen molar-refractivity contribution >= 4 is 0 Å². The van der Waals surface area contributed by atoms with Gasteiger partial charge in [0.2, 0.25) is 0 Å². The molecule has 3 nitrogen and oxygen atoms in total. The van der Waals surface area contributed by atoms with Gasteiger partial charge in [-0.3, -0.25) is 0 Å². The lowest BCUT2D eigenvalue weighted by Crippen LogP contribution is -2.51. The van der Waals surface area contributed by atoms with Crippen LogP contribution in [-0.2, 0) is 9.47 Å². The Morgan fingerprint density at radius 1 is 0.824 bits per heavy atom. The summed E-state index contributed by atoms with van der Waals surface area (Å²) in [6, 6.07) is 0. The zero-order valence-electron chi connectivity index (χ0n) is 9.00. The van der Waals surface area contributed by atoms with Crippen LogP contribution in [0.5, 0.6) is 0 Å². The quantitative estimate of drug-likeness (QED) is 0.627. The van der Waals surface area contributed by atoms with Crippen molar-refractivity contribution in [3.05, 3.63) is 0 Å². The van der Waals surface area contributed by atoms with Crippen molar-refractivity contribution in [1.82, 2.24) is 5.32 Å². The van der Waals surface area contributed by atoms with Crippen LogP contribution in [0.15, 0.2) is 0 Å². The molecule has 9 heteroatoms. The molecule has 2 unspecified atom stereocenters. The molecule has 0 aromatic heterocycles. The van der Waals surface area contributed by atoms with Gasteiger partial charge >= 0.3 is 12.4 Å². The van der Waals surface area contributed by atoms with Crippen LogP contribution in [0.1, 0.15) is 13.8 Å². The Bertz CT molecular complexity index is 263. The number of nitrogens with one attached hydrogen (secondary N) is 1. The molecule has 1 N–H and O–H groups in total. The summed E-state index contributed by atoms with van der Waals surface area (Å²) in [6.07, 6.45) is -10.5. The van der Waals surface area contributed by atoms with E-state index in [1.54, 1.807) is 0 Å². The summed E-state index contributed by atoms with van der Waals surface area (Å²) in [6.45, 7) is 1.27. The minimum absolute atomic E-state index is 0.530. The molecule has 0 aliphatic carbocycles. The normalized spacial score (nSPS) is 33.9. The molecule has 1 heterocycles. The summed E-state index contributed by atoms with van der Waals surface area (Å²) in [5.41, 5.74) is -7.02. The van der Waals surface area contributed by atoms with Crippen LogP contribution in [-0.4, -0.2) is 37.0 Å². The fourth-order valence-corrected chi connectivity index (χ4v) is 1.63. The predicted octanol–water partition coefficient (Wildman–Crippen LogP) is 2.18. The first-order valence-electron chi connectivity index (χ1n) is 4.78. The Morgan fingerprint density at radius 2 is 1.12 bits per heavy atom. The largest absolute Gasteiger partial charge is 0.436 e. The summed E-state index contributed by atoms with van der Waals surface area (Å²) in [5.74, 6) is 0. The van der Waals surface area contributed by atoms with Gasteiger partial charge in [0.25, 0.3) is 11.4 Å². The number of halogens is 6. The summed E-state index contributed by atoms with van der Waals surface area (Å²) >= 11 is 0. The molecule has 0 amide bonds. The van der Waals surface area contributed by atoms with Crippen molar-refractivity contribution in [2.75, 3.05) is 13.2 Å². The van der Waals surface area contributed by atoms with Crippen molar-refractivity contribution in [3.8, 4) is 0 Å². The summed E-state index contributed by atoms with van der Waals surface area (Å²) in [7, 11) is 0. The molecule has 1 aliphatic heterocycles. The van der Waals surface area contributed by atoms with Crippen LogP contribution in [0, 0.1) is 0 Å². The van der Waals surface area contributed by atoms with E-state index in [0.717, 1.165) is 0 Å². The fourth-order valence-electron chi connectivity index (χ4n) is 1.63. The molecule has 17 heavy (non-hydrogen) atoms. The minimum atomic E-state index is -5.23. The highest BCUT2D eigenvalue weighted by atomic mass is 19.4. The molecule has 2 atom stereocenters. The highest BCUT2D eigenvalue weighted by Gasteiger charge is 2.92. The third-order valence-electron chi connectivity index (χ3n) is 2.31. The Balaban J connectivity index is 3.13. The second kappa shape index (κ2) is 3.99. The molecule has 0 saturated carbocycles. The number of hydrogen-bond acceptors (Lipinski definition) is 3. The van der Waals surface area contributed by atoms with Crippen molar-refractivity contribution in [1.29, 1.82) is 0 Å². The molecule has 102 valence electrons. The van der Waals surface area contributed by atoms with Gasteiger partial charge in [-0.2, -0.15) is 26.3 Å². The first-order valence-corrected chi connectivity index (χ1v) is 4.78. The number of alkyl halides is 6. The average Bonchev–Trinajstić information content (AvgIpc) is 2.75. The standard InChI is InChI=1S/C8H11F6NO2/c1-3-16-5(7(9,10)11)6(15-5,17-4-2)8(12,13)14/h15H,3-4H2,1-2H3. The van der Waals surface area contributed by atoms with Crippen molar-refractivity contribution in [3.63, 3.8) is 0 Å². The average molecular weight is 267 g/mol. The molecular formula is C8H11F6NO2. The lowest BCUT2D eigenvalue weighted by atomic mass is 10.2. The third-order valence-corrected chi connectivity index (χ3v) is 2.31. The van der Waals surface area contributed by atoms with Crippen LogP contribution < -0.4 is 5.32 Å². The summed E-state index contributed by atoms with van der Waals surface area (Å²) in [5, 5.41) is 1.28. The summed E-state index contributed by atoms with van der Waals surface area (Å²) in [4.78, 5) is 0. The SMILES string of the molecule is CCOC1(C(F)(F)F)NC1(OCC)C(F)(F)F. The maximum Gasteiger partial charge on any atom is 0.436 e. The lowest BCUT2D eigenvalue weighted by Gasteiger charge is -2.25. The van der Waals surface area contributed by atoms with Crippen LogP contribution in [0.25, 0.3) is 0 Å². The zero-order chi connectivity index (χ0) is 13.5. The maximum absolute atomic E-state index is 12.7. The second-order valence-electron chi connectivity index (χ2n) is 3.35. The molecule has 1 saturated heterocycles. The van der Waals surface area contributed by atoms with E-state index in [-0.39, 0.29) is 0 Å². The van der Waals surface area contributed by atoms with Crippen LogP contribution in [0.4, 0.5) is 26.3 Å². The number of rotatable bonds is 4. The van der Waals surface area contributed by atoms with Gasteiger partial charge in [0.05, 0.1) is 0 Å². The highest BCUT2D eigenvalue weighted by molar-refractivity contribution is 5.23. The van der Waals surface area contributed by atoms with Gasteiger partial charge < -0.3 is 9.47 Å². The Hall–Kier alpha value is -0.540. The van der Waals surface area contributed by atoms with Gasteiger partial charge in [0.15, 0.2) is 0 Å². The molecular weight excluding hydrogens is 256 g/mol. The number of ether oxygens (including phenoxy) is 2. The molecule has 0 aromatic carbocycles. The smallest absolute Gasteiger partial charge is 0.348 e. The van der Waals surface area contributed by atoms with Gasteiger partial charge in [0.1, 0.15) is 0 Å². The van der Waals surface area contributed by atoms with E-state index in [9.17, 15) is 26.3 Å². The van der Waals surface area contributed by atoms with Crippen LogP contribution in [0.2, 0.25) is 0 Å². The first-order chi connectivity index (χ1) is 7.58. The Labute approximate surface area is 93.1 Å². The lowest BCUT2D eigenvalue weighted by molar-refractivity contribution is -0.312. The van der Waals surface area contributed by atoms with Crippen LogP contribution in [0.3, 0.4) is 0 Å². The minimum Gasteiger partial charge on any atom is -0.348 e. The van der Waals surface area contributed by atoms with Crippen molar-refractivity contribution in [2.24, 2.45) is 0 Å². The van der Waals surface area contributed by atoms with Crippen LogP contribution >= 0.6 is 0 Å². The predicted molar refractivity (Wildman–Crippen MR) is 44.0 cm³/mol. The summed E-state index contributed by atoms with van der Waals surface area (Å²) < 4.78 is 84.4. The van der Waals surface area contributed by atoms with Gasteiger partial charge in [-0.25, -0.2) is 5.32 Å². The zero-order valence-corrected chi connectivity index (χ0v) is 9.00. The molecule has 0 bridgehead atoms. The van der Waals surface area contributed by atoms with Crippen molar-refractivity contribution < 1.29 is 35.8 Å². The molecule has 1 fully saturated rings. The van der Waals surface area contributed by atoms with E-state index in [4.69, 9.17) is 0 Å². The van der Waals surface area contributed by atoms with E-state index >= 15 is 0 Å². The molecule has 0 spiro atoms. The van der Waals surface area contributed by atoms with Gasteiger partial charge in [-0.1, -0.05) is 0 Å². The number of hydrogen-bond donors (Lipinski definition) is 1. The Kier molecular flexibility index (Phi) is 3.41.